The van der Waals surface area contributed by atoms with Gasteiger partial charge in [-0.25, -0.2) is 0 Å². The van der Waals surface area contributed by atoms with E-state index in [0.29, 0.717) is 24.2 Å². The van der Waals surface area contributed by atoms with Crippen molar-refractivity contribution in [2.24, 2.45) is 16.8 Å². The lowest BCUT2D eigenvalue weighted by Gasteiger charge is -2.25. The third-order valence-corrected chi connectivity index (χ3v) is 2.04. The molecule has 0 radical (unpaired) electrons. The Labute approximate surface area is 80.4 Å². The van der Waals surface area contributed by atoms with E-state index in [1.807, 2.05) is 0 Å². The Bertz CT molecular complexity index is 168. The Morgan fingerprint density at radius 3 is 2.38 bits per heavy atom. The van der Waals surface area contributed by atoms with Gasteiger partial charge < -0.3 is 15.8 Å². The molecule has 1 unspecified atom stereocenters. The fraction of sp³-hybridized carbons (Fsp3) is 0.889. The van der Waals surface area contributed by atoms with Crippen LogP contribution in [-0.4, -0.2) is 35.6 Å². The third-order valence-electron chi connectivity index (χ3n) is 2.04. The number of hydrogen-bond acceptors (Lipinski definition) is 3. The molecule has 0 fully saturated rings. The van der Waals surface area contributed by atoms with Gasteiger partial charge >= 0.3 is 0 Å². The van der Waals surface area contributed by atoms with Crippen LogP contribution in [0.4, 0.5) is 0 Å². The van der Waals surface area contributed by atoms with Crippen molar-refractivity contribution in [1.29, 1.82) is 0 Å². The van der Waals surface area contributed by atoms with Gasteiger partial charge in [0.25, 0.3) is 0 Å². The number of amidine groups is 1. The first-order chi connectivity index (χ1) is 5.97. The van der Waals surface area contributed by atoms with E-state index in [1.165, 1.54) is 0 Å². The maximum Gasteiger partial charge on any atom is 0.140 e. The maximum absolute atomic E-state index is 8.39. The summed E-state index contributed by atoms with van der Waals surface area (Å²) in [4.78, 5) is 2.21. The molecule has 4 heteroatoms. The number of rotatable bonds is 5. The predicted molar refractivity (Wildman–Crippen MR) is 55.0 cm³/mol. The summed E-state index contributed by atoms with van der Waals surface area (Å²) in [5, 5.41) is 11.3. The highest BCUT2D eigenvalue weighted by Crippen LogP contribution is 2.04. The molecule has 0 aliphatic carbocycles. The van der Waals surface area contributed by atoms with Crippen LogP contribution in [0.1, 0.15) is 27.2 Å². The lowest BCUT2D eigenvalue weighted by molar-refractivity contribution is 0.232. The zero-order chi connectivity index (χ0) is 10.4. The molecule has 0 aromatic heterocycles. The Kier molecular flexibility index (Phi) is 5.46. The first-order valence-electron chi connectivity index (χ1n) is 4.64. The molecule has 0 aromatic carbocycles. The normalized spacial score (nSPS) is 15.4. The molecule has 0 saturated carbocycles. The first kappa shape index (κ1) is 12.2. The second kappa shape index (κ2) is 5.80. The van der Waals surface area contributed by atoms with Crippen LogP contribution in [0.15, 0.2) is 5.16 Å². The van der Waals surface area contributed by atoms with E-state index in [0.717, 1.165) is 6.54 Å². The van der Waals surface area contributed by atoms with Crippen molar-refractivity contribution >= 4 is 5.84 Å². The molecule has 0 spiro atoms. The lowest BCUT2D eigenvalue weighted by atomic mass is 10.1. The summed E-state index contributed by atoms with van der Waals surface area (Å²) in [6.07, 6.45) is 0.611. The molecule has 13 heavy (non-hydrogen) atoms. The molecule has 1 atom stereocenters. The number of hydrogen-bond donors (Lipinski definition) is 2. The van der Waals surface area contributed by atoms with Crippen molar-refractivity contribution in [3.63, 3.8) is 0 Å². The molecule has 0 saturated heterocycles. The van der Waals surface area contributed by atoms with E-state index >= 15 is 0 Å². The predicted octanol–water partition coefficient (Wildman–Crippen LogP) is 1.10. The van der Waals surface area contributed by atoms with E-state index in [1.54, 1.807) is 0 Å². The van der Waals surface area contributed by atoms with Crippen molar-refractivity contribution in [3.8, 4) is 0 Å². The minimum absolute atomic E-state index is 0.295. The smallest absolute Gasteiger partial charge is 0.140 e. The Morgan fingerprint density at radius 1 is 1.46 bits per heavy atom. The molecular weight excluding hydrogens is 166 g/mol. The van der Waals surface area contributed by atoms with Crippen molar-refractivity contribution < 1.29 is 5.21 Å². The van der Waals surface area contributed by atoms with Gasteiger partial charge in [-0.1, -0.05) is 19.0 Å². The molecule has 0 bridgehead atoms. The van der Waals surface area contributed by atoms with Crippen LogP contribution < -0.4 is 5.73 Å². The molecule has 78 valence electrons. The monoisotopic (exact) mass is 187 g/mol. The first-order valence-corrected chi connectivity index (χ1v) is 4.64. The van der Waals surface area contributed by atoms with Gasteiger partial charge in [-0.15, -0.1) is 0 Å². The van der Waals surface area contributed by atoms with E-state index in [2.05, 4.69) is 37.9 Å². The van der Waals surface area contributed by atoms with E-state index in [-0.39, 0.29) is 0 Å². The van der Waals surface area contributed by atoms with Crippen LogP contribution in [0, 0.1) is 5.92 Å². The fourth-order valence-electron chi connectivity index (χ4n) is 1.26. The summed E-state index contributed by atoms with van der Waals surface area (Å²) < 4.78 is 0. The summed E-state index contributed by atoms with van der Waals surface area (Å²) in [7, 11) is 2.05. The topological polar surface area (TPSA) is 61.8 Å². The molecular formula is C9H21N3O. The summed E-state index contributed by atoms with van der Waals surface area (Å²) >= 11 is 0. The summed E-state index contributed by atoms with van der Waals surface area (Å²) in [6, 6.07) is 0.318. The summed E-state index contributed by atoms with van der Waals surface area (Å²) in [6.45, 7) is 7.44. The second-order valence-corrected chi connectivity index (χ2v) is 3.98. The highest BCUT2D eigenvalue weighted by molar-refractivity contribution is 5.80. The van der Waals surface area contributed by atoms with Crippen molar-refractivity contribution in [3.05, 3.63) is 0 Å². The van der Waals surface area contributed by atoms with Crippen molar-refractivity contribution in [2.75, 3.05) is 13.6 Å². The van der Waals surface area contributed by atoms with Gasteiger partial charge in [0.15, 0.2) is 0 Å². The fourth-order valence-corrected chi connectivity index (χ4v) is 1.26. The van der Waals surface area contributed by atoms with Gasteiger partial charge in [-0.2, -0.15) is 0 Å². The number of nitrogens with two attached hydrogens (primary N) is 1. The van der Waals surface area contributed by atoms with Gasteiger partial charge in [0.05, 0.1) is 0 Å². The quantitative estimate of drug-likeness (QED) is 0.293. The summed E-state index contributed by atoms with van der Waals surface area (Å²) in [5.41, 5.74) is 5.42. The van der Waals surface area contributed by atoms with Crippen molar-refractivity contribution in [2.45, 2.75) is 33.2 Å². The van der Waals surface area contributed by atoms with Crippen LogP contribution >= 0.6 is 0 Å². The Morgan fingerprint density at radius 2 is 2.00 bits per heavy atom. The van der Waals surface area contributed by atoms with Gasteiger partial charge in [-0.3, -0.25) is 0 Å². The van der Waals surface area contributed by atoms with Crippen LogP contribution in [0.2, 0.25) is 0 Å². The largest absolute Gasteiger partial charge is 0.409 e. The second-order valence-electron chi connectivity index (χ2n) is 3.98. The minimum atomic E-state index is 0.295. The molecule has 0 heterocycles. The van der Waals surface area contributed by atoms with E-state index in [4.69, 9.17) is 10.9 Å². The standard InChI is InChI=1S/C9H21N3O/c1-7(2)6-12(4)8(3)5-9(10)11-13/h7-8,13H,5-6H2,1-4H3,(H2,10,11). The average Bonchev–Trinajstić information content (AvgIpc) is 2.02. The van der Waals surface area contributed by atoms with Gasteiger partial charge in [-0.05, 0) is 19.9 Å². The zero-order valence-electron chi connectivity index (χ0n) is 8.99. The number of nitrogens with zero attached hydrogens (tertiary/aromatic N) is 2. The van der Waals surface area contributed by atoms with Crippen LogP contribution in [0.5, 0.6) is 0 Å². The number of oxime groups is 1. The Hall–Kier alpha value is -0.770. The third kappa shape index (κ3) is 5.47. The molecule has 0 amide bonds. The zero-order valence-corrected chi connectivity index (χ0v) is 8.99. The summed E-state index contributed by atoms with van der Waals surface area (Å²) in [5.74, 6) is 0.933. The Balaban J connectivity index is 3.88. The molecule has 0 aliphatic rings. The van der Waals surface area contributed by atoms with Gasteiger partial charge in [0.1, 0.15) is 5.84 Å². The van der Waals surface area contributed by atoms with Crippen LogP contribution in [0.3, 0.4) is 0 Å². The van der Waals surface area contributed by atoms with E-state index in [9.17, 15) is 0 Å². The molecule has 4 nitrogen and oxygen atoms in total. The van der Waals surface area contributed by atoms with Gasteiger partial charge in [0, 0.05) is 19.0 Å². The highest BCUT2D eigenvalue weighted by Gasteiger charge is 2.11. The van der Waals surface area contributed by atoms with Gasteiger partial charge in [0.2, 0.25) is 0 Å². The molecule has 0 aromatic rings. The minimum Gasteiger partial charge on any atom is -0.409 e. The van der Waals surface area contributed by atoms with Crippen molar-refractivity contribution in [1.82, 2.24) is 4.90 Å². The maximum atomic E-state index is 8.39. The average molecular weight is 187 g/mol. The molecule has 3 N–H and O–H groups in total. The van der Waals surface area contributed by atoms with Crippen LogP contribution in [-0.2, 0) is 0 Å². The van der Waals surface area contributed by atoms with Crippen LogP contribution in [0.25, 0.3) is 0 Å². The molecule has 0 aliphatic heterocycles. The lowest BCUT2D eigenvalue weighted by Crippen LogP contribution is -2.35. The molecule has 0 rings (SSSR count). The van der Waals surface area contributed by atoms with E-state index < -0.39 is 0 Å². The SMILES string of the molecule is CC(C)CN(C)C(C)CC(N)=NO. The highest BCUT2D eigenvalue weighted by atomic mass is 16.4.